The zero-order valence-corrected chi connectivity index (χ0v) is 15.6. The minimum atomic E-state index is 0.572. The zero-order valence-electron chi connectivity index (χ0n) is 15.6. The van der Waals surface area contributed by atoms with Gasteiger partial charge in [-0.15, -0.1) is 0 Å². The number of rotatable bonds is 6. The lowest BCUT2D eigenvalue weighted by molar-refractivity contribution is 0.125. The summed E-state index contributed by atoms with van der Waals surface area (Å²) in [4.78, 5) is 2.70. The topological polar surface area (TPSA) is 24.5 Å². The van der Waals surface area contributed by atoms with Gasteiger partial charge in [-0.25, -0.2) is 0 Å². The van der Waals surface area contributed by atoms with Crippen molar-refractivity contribution in [3.05, 3.63) is 65.7 Å². The lowest BCUT2D eigenvalue weighted by Gasteiger charge is -2.38. The van der Waals surface area contributed by atoms with Crippen LogP contribution in [0.1, 0.15) is 42.9 Å². The number of nitrogens with one attached hydrogen (secondary N) is 1. The summed E-state index contributed by atoms with van der Waals surface area (Å²) >= 11 is 0. The Morgan fingerprint density at radius 3 is 2.31 bits per heavy atom. The van der Waals surface area contributed by atoms with E-state index in [1.54, 1.807) is 0 Å². The Morgan fingerprint density at radius 2 is 1.62 bits per heavy atom. The van der Waals surface area contributed by atoms with Gasteiger partial charge in [0, 0.05) is 32.2 Å². The molecule has 1 N–H and O–H groups in total. The van der Waals surface area contributed by atoms with Crippen molar-refractivity contribution in [1.29, 1.82) is 0 Å². The van der Waals surface area contributed by atoms with Crippen LogP contribution in [0, 0.1) is 5.92 Å². The quantitative estimate of drug-likeness (QED) is 0.835. The first kappa shape index (κ1) is 17.6. The first-order chi connectivity index (χ1) is 12.9. The minimum absolute atomic E-state index is 0.572. The van der Waals surface area contributed by atoms with Gasteiger partial charge in [0.2, 0.25) is 0 Å². The van der Waals surface area contributed by atoms with E-state index in [-0.39, 0.29) is 0 Å². The van der Waals surface area contributed by atoms with Crippen LogP contribution in [0.25, 0.3) is 0 Å². The van der Waals surface area contributed by atoms with Gasteiger partial charge in [-0.1, -0.05) is 55.3 Å². The molecule has 1 atom stereocenters. The van der Waals surface area contributed by atoms with Gasteiger partial charge in [-0.3, -0.25) is 4.90 Å². The van der Waals surface area contributed by atoms with Crippen molar-refractivity contribution < 1.29 is 4.74 Å². The molecule has 3 heteroatoms. The van der Waals surface area contributed by atoms with Gasteiger partial charge >= 0.3 is 0 Å². The second-order valence-electron chi connectivity index (χ2n) is 7.62. The third-order valence-electron chi connectivity index (χ3n) is 5.86. The SMILES string of the molecule is c1ccc(COc2ccc([C@H](C3CCCC3)N3CCNCC3)cc2)cc1. The van der Waals surface area contributed by atoms with Gasteiger partial charge in [0.1, 0.15) is 12.4 Å². The number of benzene rings is 2. The van der Waals surface area contributed by atoms with E-state index in [1.165, 1.54) is 36.8 Å². The normalized spacial score (nSPS) is 20.2. The molecule has 1 saturated heterocycles. The first-order valence-electron chi connectivity index (χ1n) is 10.1. The van der Waals surface area contributed by atoms with Crippen LogP contribution in [-0.4, -0.2) is 31.1 Å². The largest absolute Gasteiger partial charge is 0.489 e. The van der Waals surface area contributed by atoms with Crippen LogP contribution in [0.5, 0.6) is 5.75 Å². The molecule has 0 amide bonds. The van der Waals surface area contributed by atoms with Gasteiger partial charge < -0.3 is 10.1 Å². The average molecular weight is 351 g/mol. The Balaban J connectivity index is 1.45. The van der Waals surface area contributed by atoms with Crippen molar-refractivity contribution in [2.75, 3.05) is 26.2 Å². The lowest BCUT2D eigenvalue weighted by atomic mass is 9.89. The molecule has 3 nitrogen and oxygen atoms in total. The standard InChI is InChI=1S/C23H30N2O/c1-2-6-19(7-3-1)18-26-22-12-10-21(11-13-22)23(20-8-4-5-9-20)25-16-14-24-15-17-25/h1-3,6-7,10-13,20,23-24H,4-5,8-9,14-18H2/t23-/m0/s1. The Bertz CT molecular complexity index is 658. The molecule has 2 aromatic carbocycles. The summed E-state index contributed by atoms with van der Waals surface area (Å²) in [6.07, 6.45) is 5.54. The Hall–Kier alpha value is -1.84. The van der Waals surface area contributed by atoms with Crippen LogP contribution >= 0.6 is 0 Å². The number of piperazine rings is 1. The smallest absolute Gasteiger partial charge is 0.119 e. The minimum Gasteiger partial charge on any atom is -0.489 e. The molecule has 2 aliphatic rings. The fourth-order valence-corrected chi connectivity index (χ4v) is 4.52. The van der Waals surface area contributed by atoms with Crippen LogP contribution in [0.4, 0.5) is 0 Å². The molecule has 26 heavy (non-hydrogen) atoms. The van der Waals surface area contributed by atoms with Crippen molar-refractivity contribution in [2.45, 2.75) is 38.3 Å². The molecule has 0 unspecified atom stereocenters. The van der Waals surface area contributed by atoms with E-state index < -0.39 is 0 Å². The second-order valence-corrected chi connectivity index (χ2v) is 7.62. The summed E-state index contributed by atoms with van der Waals surface area (Å²) < 4.78 is 5.97. The van der Waals surface area contributed by atoms with Gasteiger partial charge in [0.05, 0.1) is 0 Å². The predicted octanol–water partition coefficient (Wildman–Crippen LogP) is 4.40. The van der Waals surface area contributed by atoms with Crippen molar-refractivity contribution in [3.63, 3.8) is 0 Å². The van der Waals surface area contributed by atoms with Crippen LogP contribution in [0.15, 0.2) is 54.6 Å². The van der Waals surface area contributed by atoms with E-state index in [0.717, 1.165) is 37.8 Å². The Morgan fingerprint density at radius 1 is 0.923 bits per heavy atom. The third kappa shape index (κ3) is 4.28. The predicted molar refractivity (Wildman–Crippen MR) is 106 cm³/mol. The fraction of sp³-hybridized carbons (Fsp3) is 0.478. The van der Waals surface area contributed by atoms with Crippen LogP contribution < -0.4 is 10.1 Å². The third-order valence-corrected chi connectivity index (χ3v) is 5.86. The molecule has 138 valence electrons. The summed E-state index contributed by atoms with van der Waals surface area (Å²) in [7, 11) is 0. The van der Waals surface area contributed by atoms with Crippen molar-refractivity contribution in [1.82, 2.24) is 10.2 Å². The van der Waals surface area contributed by atoms with Crippen LogP contribution in [0.2, 0.25) is 0 Å². The molecule has 0 bridgehead atoms. The number of nitrogens with zero attached hydrogens (tertiary/aromatic N) is 1. The van der Waals surface area contributed by atoms with E-state index >= 15 is 0 Å². The van der Waals surface area contributed by atoms with Gasteiger partial charge in [0.15, 0.2) is 0 Å². The average Bonchev–Trinajstić information content (AvgIpc) is 3.23. The van der Waals surface area contributed by atoms with Crippen molar-refractivity contribution in [3.8, 4) is 5.75 Å². The highest BCUT2D eigenvalue weighted by Crippen LogP contribution is 2.40. The maximum absolute atomic E-state index is 5.97. The molecular formula is C23H30N2O. The Kier molecular flexibility index (Phi) is 5.88. The maximum atomic E-state index is 5.97. The first-order valence-corrected chi connectivity index (χ1v) is 10.1. The molecule has 0 spiro atoms. The highest BCUT2D eigenvalue weighted by molar-refractivity contribution is 5.30. The molecule has 2 fully saturated rings. The monoisotopic (exact) mass is 350 g/mol. The Labute approximate surface area is 157 Å². The van der Waals surface area contributed by atoms with Gasteiger partial charge in [-0.05, 0) is 42.0 Å². The van der Waals surface area contributed by atoms with Crippen molar-refractivity contribution >= 4 is 0 Å². The number of hydrogen-bond acceptors (Lipinski definition) is 3. The molecule has 1 aliphatic carbocycles. The van der Waals surface area contributed by atoms with Crippen LogP contribution in [-0.2, 0) is 6.61 Å². The highest BCUT2D eigenvalue weighted by Gasteiger charge is 2.31. The number of hydrogen-bond donors (Lipinski definition) is 1. The molecule has 1 aliphatic heterocycles. The van der Waals surface area contributed by atoms with E-state index in [9.17, 15) is 0 Å². The summed E-state index contributed by atoms with van der Waals surface area (Å²) in [6.45, 7) is 5.17. The maximum Gasteiger partial charge on any atom is 0.119 e. The molecule has 0 aromatic heterocycles. The van der Waals surface area contributed by atoms with E-state index in [0.29, 0.717) is 12.6 Å². The van der Waals surface area contributed by atoms with E-state index in [1.807, 2.05) is 6.07 Å². The van der Waals surface area contributed by atoms with E-state index in [2.05, 4.69) is 58.7 Å². The van der Waals surface area contributed by atoms with E-state index in [4.69, 9.17) is 4.74 Å². The molecule has 4 rings (SSSR count). The summed E-state index contributed by atoms with van der Waals surface area (Å²) in [5.41, 5.74) is 2.67. The molecule has 1 heterocycles. The molecule has 1 saturated carbocycles. The molecule has 2 aromatic rings. The molecule has 0 radical (unpaired) electrons. The van der Waals surface area contributed by atoms with Crippen molar-refractivity contribution in [2.24, 2.45) is 5.92 Å². The number of ether oxygens (including phenoxy) is 1. The zero-order chi connectivity index (χ0) is 17.6. The molecular weight excluding hydrogens is 320 g/mol. The summed E-state index contributed by atoms with van der Waals surface area (Å²) in [6, 6.07) is 19.8. The van der Waals surface area contributed by atoms with Crippen LogP contribution in [0.3, 0.4) is 0 Å². The van der Waals surface area contributed by atoms with Gasteiger partial charge in [-0.2, -0.15) is 0 Å². The highest BCUT2D eigenvalue weighted by atomic mass is 16.5. The summed E-state index contributed by atoms with van der Waals surface area (Å²) in [5.74, 6) is 1.77. The summed E-state index contributed by atoms with van der Waals surface area (Å²) in [5, 5.41) is 3.49. The fourth-order valence-electron chi connectivity index (χ4n) is 4.52. The van der Waals surface area contributed by atoms with Gasteiger partial charge in [0.25, 0.3) is 0 Å². The second kappa shape index (κ2) is 8.70. The lowest BCUT2D eigenvalue weighted by Crippen LogP contribution is -2.46.